The van der Waals surface area contributed by atoms with Crippen molar-refractivity contribution < 1.29 is 68.0 Å². The fourth-order valence-corrected chi connectivity index (χ4v) is 8.76. The van der Waals surface area contributed by atoms with E-state index in [2.05, 4.69) is 0 Å². The first-order valence-electron chi connectivity index (χ1n) is 19.9. The van der Waals surface area contributed by atoms with Gasteiger partial charge in [0.25, 0.3) is 0 Å². The van der Waals surface area contributed by atoms with Gasteiger partial charge in [0, 0.05) is 37.7 Å². The first-order valence-corrected chi connectivity index (χ1v) is 19.9. The molecule has 0 aromatic heterocycles. The van der Waals surface area contributed by atoms with Gasteiger partial charge in [0.15, 0.2) is 18.7 Å². The zero-order valence-electron chi connectivity index (χ0n) is 35.5. The van der Waals surface area contributed by atoms with Crippen molar-refractivity contribution in [3.8, 4) is 0 Å². The van der Waals surface area contributed by atoms with Crippen LogP contribution in [0, 0.1) is 23.7 Å². The number of aliphatic hydroxyl groups is 4. The molecule has 3 aliphatic heterocycles. The molecule has 0 aromatic rings. The number of rotatable bonds is 9. The Hall–Kier alpha value is -1.79. The Morgan fingerprint density at radius 1 is 0.891 bits per heavy atom. The molecule has 0 bridgehead atoms. The molecule has 3 saturated heterocycles. The van der Waals surface area contributed by atoms with Gasteiger partial charge in [-0.15, -0.1) is 0 Å². The van der Waals surface area contributed by atoms with E-state index in [-0.39, 0.29) is 37.8 Å². The predicted octanol–water partition coefficient (Wildman–Crippen LogP) is 2.75. The van der Waals surface area contributed by atoms with Gasteiger partial charge in [-0.25, -0.2) is 0 Å². The van der Waals surface area contributed by atoms with Gasteiger partial charge in [-0.1, -0.05) is 34.6 Å². The Morgan fingerprint density at radius 3 is 2.05 bits per heavy atom. The maximum atomic E-state index is 14.2. The first-order chi connectivity index (χ1) is 25.4. The van der Waals surface area contributed by atoms with Crippen LogP contribution in [-0.2, 0) is 47.5 Å². The molecule has 6 unspecified atom stereocenters. The highest BCUT2D eigenvalue weighted by Crippen LogP contribution is 2.41. The standard InChI is InChI=1S/C40H71NO14/c1-15-27-40(11,48)33(44)22(5)30(43)20(3)18-38(9,47)35(55-37-32(53-28(42)16-2)26(41(12)13)17-21(4)50-37)23(6)31(24(7)36(46)52-27)54-29-19-39(10,49-14)34(45)25(8)51-29/h20-27,29,31-35,37,44-45,47-48H,15-19H2,1-14H3/t20?,21-,22?,23+,24-,25?,26+,27-,29+,31?,32?,33-,34+,35?,37+,38-,39-,40-/m1/s1. The molecule has 15 nitrogen and oxygen atoms in total. The van der Waals surface area contributed by atoms with E-state index in [0.717, 1.165) is 0 Å². The lowest BCUT2D eigenvalue weighted by Crippen LogP contribution is -2.61. The van der Waals surface area contributed by atoms with Crippen LogP contribution in [0.15, 0.2) is 0 Å². The summed E-state index contributed by atoms with van der Waals surface area (Å²) in [6.07, 6.45) is -9.68. The van der Waals surface area contributed by atoms with Crippen molar-refractivity contribution in [1.29, 1.82) is 0 Å². The minimum Gasteiger partial charge on any atom is -0.459 e. The molecule has 3 fully saturated rings. The van der Waals surface area contributed by atoms with E-state index in [1.165, 1.54) is 27.9 Å². The van der Waals surface area contributed by atoms with Crippen molar-refractivity contribution in [2.24, 2.45) is 23.7 Å². The second-order valence-electron chi connectivity index (χ2n) is 17.3. The highest BCUT2D eigenvalue weighted by molar-refractivity contribution is 5.83. The predicted molar refractivity (Wildman–Crippen MR) is 200 cm³/mol. The summed E-state index contributed by atoms with van der Waals surface area (Å²) in [5.74, 6) is -5.59. The number of cyclic esters (lactones) is 1. The molecular weight excluding hydrogens is 718 g/mol. The second-order valence-corrected chi connectivity index (χ2v) is 17.3. The summed E-state index contributed by atoms with van der Waals surface area (Å²) < 4.78 is 43.6. The smallest absolute Gasteiger partial charge is 0.311 e. The third-order valence-corrected chi connectivity index (χ3v) is 12.4. The molecule has 0 spiro atoms. The van der Waals surface area contributed by atoms with Crippen LogP contribution in [0.5, 0.6) is 0 Å². The van der Waals surface area contributed by atoms with Crippen LogP contribution < -0.4 is 0 Å². The number of likely N-dealkylation sites (N-methyl/N-ethyl adjacent to an activating group) is 1. The fourth-order valence-electron chi connectivity index (χ4n) is 8.76. The van der Waals surface area contributed by atoms with Crippen LogP contribution >= 0.6 is 0 Å². The van der Waals surface area contributed by atoms with Crippen LogP contribution in [0.2, 0.25) is 0 Å². The molecule has 0 saturated carbocycles. The molecule has 3 heterocycles. The number of esters is 2. The quantitative estimate of drug-likeness (QED) is 0.249. The lowest BCUT2D eigenvalue weighted by molar-refractivity contribution is -0.319. The molecule has 18 atom stereocenters. The molecular formula is C40H71NO14. The van der Waals surface area contributed by atoms with Crippen molar-refractivity contribution in [2.45, 2.75) is 193 Å². The Labute approximate surface area is 327 Å². The molecule has 0 aliphatic carbocycles. The van der Waals surface area contributed by atoms with Gasteiger partial charge >= 0.3 is 11.9 Å². The lowest BCUT2D eigenvalue weighted by atomic mass is 9.74. The monoisotopic (exact) mass is 789 g/mol. The molecule has 15 heteroatoms. The third kappa shape index (κ3) is 10.6. The number of aliphatic hydroxyl groups excluding tert-OH is 2. The first kappa shape index (κ1) is 47.6. The van der Waals surface area contributed by atoms with Gasteiger partial charge in [-0.3, -0.25) is 14.4 Å². The number of carbonyl (C=O) groups is 3. The number of hydrogen-bond acceptors (Lipinski definition) is 15. The van der Waals surface area contributed by atoms with Crippen molar-refractivity contribution in [3.05, 3.63) is 0 Å². The number of ketones is 1. The average molecular weight is 790 g/mol. The van der Waals surface area contributed by atoms with E-state index in [0.29, 0.717) is 6.42 Å². The van der Waals surface area contributed by atoms with Crippen molar-refractivity contribution in [2.75, 3.05) is 21.2 Å². The molecule has 320 valence electrons. The molecule has 3 rings (SSSR count). The van der Waals surface area contributed by atoms with Crippen LogP contribution in [-0.4, -0.2) is 149 Å². The van der Waals surface area contributed by atoms with Gasteiger partial charge in [0.1, 0.15) is 23.6 Å². The maximum absolute atomic E-state index is 14.2. The molecule has 4 N–H and O–H groups in total. The third-order valence-electron chi connectivity index (χ3n) is 12.4. The van der Waals surface area contributed by atoms with Crippen LogP contribution in [0.3, 0.4) is 0 Å². The van der Waals surface area contributed by atoms with Crippen molar-refractivity contribution >= 4 is 17.7 Å². The lowest BCUT2D eigenvalue weighted by Gasteiger charge is -2.49. The van der Waals surface area contributed by atoms with Crippen LogP contribution in [0.25, 0.3) is 0 Å². The van der Waals surface area contributed by atoms with E-state index in [1.807, 2.05) is 25.9 Å². The summed E-state index contributed by atoms with van der Waals surface area (Å²) in [6.45, 7) is 18.0. The maximum Gasteiger partial charge on any atom is 0.311 e. The van der Waals surface area contributed by atoms with E-state index < -0.39 is 114 Å². The van der Waals surface area contributed by atoms with Gasteiger partial charge in [-0.2, -0.15) is 0 Å². The summed E-state index contributed by atoms with van der Waals surface area (Å²) in [4.78, 5) is 42.9. The van der Waals surface area contributed by atoms with Crippen molar-refractivity contribution in [3.63, 3.8) is 0 Å². The Morgan fingerprint density at radius 2 is 1.51 bits per heavy atom. The van der Waals surface area contributed by atoms with E-state index in [1.54, 1.807) is 48.5 Å². The van der Waals surface area contributed by atoms with E-state index in [9.17, 15) is 34.8 Å². The summed E-state index contributed by atoms with van der Waals surface area (Å²) in [6, 6.07) is -0.319. The Kier molecular flexibility index (Phi) is 16.3. The zero-order valence-corrected chi connectivity index (χ0v) is 35.5. The molecule has 3 aliphatic rings. The number of hydrogen-bond donors (Lipinski definition) is 4. The number of methoxy groups -OCH3 is 1. The largest absolute Gasteiger partial charge is 0.459 e. The van der Waals surface area contributed by atoms with E-state index in [4.69, 9.17) is 33.2 Å². The Bertz CT molecular complexity index is 1290. The number of carbonyl (C=O) groups excluding carboxylic acids is 3. The number of Topliss-reactive ketones (excluding diaryl/α,β-unsaturated/α-hetero) is 1. The minimum absolute atomic E-state index is 0.0760. The SMILES string of the molecule is CCC(=O)OC1[C@H](OC2[C@@H](C)C(O[C@H]3C[C@@](C)(OC)[C@@H](O)C(C)O3)[C@@H](C)C(=O)O[C@H](CC)[C@@](C)(O)[C@H](O)C(C)C(=O)C(C)C[C@@]2(C)O)O[C@H](C)C[C@@H]1N(C)C. The Balaban J connectivity index is 2.24. The van der Waals surface area contributed by atoms with Crippen LogP contribution in [0.4, 0.5) is 0 Å². The summed E-state index contributed by atoms with van der Waals surface area (Å²) in [5, 5.41) is 46.6. The normalized spacial score (nSPS) is 46.9. The number of ether oxygens (including phenoxy) is 7. The van der Waals surface area contributed by atoms with Crippen molar-refractivity contribution in [1.82, 2.24) is 4.90 Å². The summed E-state index contributed by atoms with van der Waals surface area (Å²) in [5.41, 5.74) is -4.92. The molecule has 0 aromatic carbocycles. The molecule has 0 amide bonds. The molecule has 55 heavy (non-hydrogen) atoms. The van der Waals surface area contributed by atoms with Gasteiger partial charge in [-0.05, 0) is 74.9 Å². The highest BCUT2D eigenvalue weighted by Gasteiger charge is 2.54. The minimum atomic E-state index is -2.01. The topological polar surface area (TPSA) is 200 Å². The second kappa shape index (κ2) is 18.9. The summed E-state index contributed by atoms with van der Waals surface area (Å²) >= 11 is 0. The van der Waals surface area contributed by atoms with Gasteiger partial charge in [0.05, 0.1) is 53.7 Å². The summed E-state index contributed by atoms with van der Waals surface area (Å²) in [7, 11) is 5.21. The zero-order chi connectivity index (χ0) is 42.0. The van der Waals surface area contributed by atoms with E-state index >= 15 is 0 Å². The number of nitrogens with zero attached hydrogens (tertiary/aromatic N) is 1. The van der Waals surface area contributed by atoms with Gasteiger partial charge < -0.3 is 58.5 Å². The van der Waals surface area contributed by atoms with Gasteiger partial charge in [0.2, 0.25) is 0 Å². The fraction of sp³-hybridized carbons (Fsp3) is 0.925. The van der Waals surface area contributed by atoms with Crippen LogP contribution in [0.1, 0.15) is 108 Å². The average Bonchev–Trinajstić information content (AvgIpc) is 3.11. The molecule has 0 radical (unpaired) electrons. The highest BCUT2D eigenvalue weighted by atomic mass is 16.7.